The Morgan fingerprint density at radius 1 is 0.385 bits per heavy atom. The van der Waals surface area contributed by atoms with Crippen molar-refractivity contribution in [3.63, 3.8) is 0 Å². The first kappa shape index (κ1) is 35.6. The van der Waals surface area contributed by atoms with Crippen LogP contribution in [0.4, 0.5) is 0 Å². The fraction of sp³-hybridized carbons (Fsp3) is 0.146. The SMILES string of the molecule is O=C(OC[C@H]1SC(OC(=O)c2ccccc2)[C@H](OC(=O)c2ccccc2)[C@@H](OC(=O)c2ccccc2)[C@@H]1OC(=O)c1ccccc1)c1ccccc1. The summed E-state index contributed by atoms with van der Waals surface area (Å²) in [6, 6.07) is 40.7. The van der Waals surface area contributed by atoms with Crippen molar-refractivity contribution in [3.05, 3.63) is 179 Å². The average Bonchev–Trinajstić information content (AvgIpc) is 3.20. The van der Waals surface area contributed by atoms with E-state index in [1.165, 1.54) is 24.3 Å². The number of benzene rings is 5. The zero-order valence-electron chi connectivity index (χ0n) is 27.5. The summed E-state index contributed by atoms with van der Waals surface area (Å²) in [5.41, 5.74) is -0.330. The highest BCUT2D eigenvalue weighted by Crippen LogP contribution is 2.40. The van der Waals surface area contributed by atoms with E-state index < -0.39 is 58.8 Å². The van der Waals surface area contributed by atoms with Crippen LogP contribution in [-0.2, 0) is 23.7 Å². The molecule has 0 saturated carbocycles. The zero-order chi connectivity index (χ0) is 36.3. The summed E-state index contributed by atoms with van der Waals surface area (Å²) in [7, 11) is 0. The minimum atomic E-state index is -1.55. The highest BCUT2D eigenvalue weighted by atomic mass is 32.2. The molecule has 0 aromatic heterocycles. The number of ether oxygens (including phenoxy) is 5. The van der Waals surface area contributed by atoms with Gasteiger partial charge in [0.05, 0.1) is 33.1 Å². The Hall–Kier alpha value is -6.20. The van der Waals surface area contributed by atoms with Gasteiger partial charge in [0.25, 0.3) is 0 Å². The van der Waals surface area contributed by atoms with Crippen LogP contribution >= 0.6 is 11.8 Å². The third-order valence-corrected chi connectivity index (χ3v) is 9.36. The summed E-state index contributed by atoms with van der Waals surface area (Å²) in [6.45, 7) is -0.372. The minimum absolute atomic E-state index is 0.159. The van der Waals surface area contributed by atoms with Crippen LogP contribution in [-0.4, -0.2) is 65.5 Å². The second-order valence-corrected chi connectivity index (χ2v) is 12.8. The highest BCUT2D eigenvalue weighted by molar-refractivity contribution is 8.00. The van der Waals surface area contributed by atoms with Crippen molar-refractivity contribution < 1.29 is 47.7 Å². The lowest BCUT2D eigenvalue weighted by Crippen LogP contribution is -2.59. The van der Waals surface area contributed by atoms with Gasteiger partial charge in [-0.1, -0.05) is 91.0 Å². The van der Waals surface area contributed by atoms with Gasteiger partial charge in [0.2, 0.25) is 0 Å². The molecule has 5 aromatic carbocycles. The Kier molecular flexibility index (Phi) is 11.7. The number of thioether (sulfide) groups is 1. The number of carbonyl (C=O) groups is 5. The van der Waals surface area contributed by atoms with Gasteiger partial charge in [-0.3, -0.25) is 0 Å². The van der Waals surface area contributed by atoms with Crippen molar-refractivity contribution >= 4 is 41.6 Å². The largest absolute Gasteiger partial charge is 0.461 e. The van der Waals surface area contributed by atoms with E-state index in [2.05, 4.69) is 0 Å². The quantitative estimate of drug-likeness (QED) is 0.105. The molecule has 1 fully saturated rings. The first-order valence-corrected chi connectivity index (χ1v) is 17.2. The summed E-state index contributed by atoms with van der Waals surface area (Å²) in [5.74, 6) is -3.84. The molecule has 1 unspecified atom stereocenters. The molecule has 52 heavy (non-hydrogen) atoms. The Bertz CT molecular complexity index is 1980. The van der Waals surface area contributed by atoms with Gasteiger partial charge in [-0.2, -0.15) is 0 Å². The van der Waals surface area contributed by atoms with Crippen molar-refractivity contribution in [1.82, 2.24) is 0 Å². The van der Waals surface area contributed by atoms with E-state index in [1.807, 2.05) is 0 Å². The normalized spacial score (nSPS) is 19.3. The average molecular weight is 717 g/mol. The Balaban J connectivity index is 1.41. The molecule has 6 rings (SSSR count). The van der Waals surface area contributed by atoms with E-state index in [4.69, 9.17) is 23.7 Å². The van der Waals surface area contributed by atoms with Crippen molar-refractivity contribution in [1.29, 1.82) is 0 Å². The number of rotatable bonds is 11. The summed E-state index contributed by atoms with van der Waals surface area (Å²) in [4.78, 5) is 67.6. The highest BCUT2D eigenvalue weighted by Gasteiger charge is 2.54. The molecule has 0 radical (unpaired) electrons. The third kappa shape index (κ3) is 8.93. The van der Waals surface area contributed by atoms with Gasteiger partial charge >= 0.3 is 29.8 Å². The van der Waals surface area contributed by atoms with E-state index in [0.29, 0.717) is 0 Å². The van der Waals surface area contributed by atoms with Crippen LogP contribution in [0.1, 0.15) is 51.8 Å². The van der Waals surface area contributed by atoms with Crippen LogP contribution in [0.25, 0.3) is 0 Å². The van der Waals surface area contributed by atoms with Crippen LogP contribution in [0.3, 0.4) is 0 Å². The molecule has 5 atom stereocenters. The second-order valence-electron chi connectivity index (χ2n) is 11.5. The minimum Gasteiger partial charge on any atom is -0.461 e. The van der Waals surface area contributed by atoms with Crippen LogP contribution in [0, 0.1) is 0 Å². The van der Waals surface area contributed by atoms with Gasteiger partial charge < -0.3 is 23.7 Å². The number of carbonyl (C=O) groups excluding carboxylic acids is 5. The Labute approximate surface area is 303 Å². The summed E-state index contributed by atoms with van der Waals surface area (Å²) >= 11 is 0.943. The van der Waals surface area contributed by atoms with Crippen molar-refractivity contribution in [2.75, 3.05) is 6.61 Å². The molecule has 262 valence electrons. The van der Waals surface area contributed by atoms with Crippen LogP contribution in [0.2, 0.25) is 0 Å². The van der Waals surface area contributed by atoms with Gasteiger partial charge in [-0.25, -0.2) is 24.0 Å². The number of hydrogen-bond acceptors (Lipinski definition) is 11. The van der Waals surface area contributed by atoms with Crippen molar-refractivity contribution in [2.45, 2.75) is 29.0 Å². The van der Waals surface area contributed by atoms with Crippen molar-refractivity contribution in [2.24, 2.45) is 0 Å². The van der Waals surface area contributed by atoms with E-state index in [1.54, 1.807) is 127 Å². The fourth-order valence-corrected chi connectivity index (χ4v) is 6.73. The topological polar surface area (TPSA) is 132 Å². The molecule has 11 heteroatoms. The maximum atomic E-state index is 13.7. The van der Waals surface area contributed by atoms with Crippen LogP contribution in [0.5, 0.6) is 0 Å². The molecule has 0 bridgehead atoms. The van der Waals surface area contributed by atoms with E-state index in [9.17, 15) is 24.0 Å². The summed E-state index contributed by atoms with van der Waals surface area (Å²) in [5, 5.41) is -0.992. The predicted octanol–water partition coefficient (Wildman–Crippen LogP) is 6.82. The molecule has 1 aliphatic heterocycles. The fourth-order valence-electron chi connectivity index (χ4n) is 5.37. The first-order chi connectivity index (χ1) is 25.4. The van der Waals surface area contributed by atoms with Gasteiger partial charge in [-0.15, -0.1) is 11.8 Å². The standard InChI is InChI=1S/C41H32O10S/c42-36(27-16-6-1-7-17-27)47-26-32-33(48-37(43)28-18-8-2-9-19-28)34(49-38(44)29-20-10-3-11-21-29)35(50-39(45)30-22-12-4-13-23-30)41(52-32)51-40(46)31-24-14-5-15-25-31/h1-25,32-35,41H,26H2/t32-,33-,34+,35-,41?/m1/s1. The van der Waals surface area contributed by atoms with Gasteiger partial charge in [0.15, 0.2) is 23.7 Å². The zero-order valence-corrected chi connectivity index (χ0v) is 28.3. The molecular weight excluding hydrogens is 685 g/mol. The molecule has 0 spiro atoms. The molecule has 5 aromatic rings. The number of hydrogen-bond donors (Lipinski definition) is 0. The van der Waals surface area contributed by atoms with Crippen molar-refractivity contribution in [3.8, 4) is 0 Å². The smallest absolute Gasteiger partial charge is 0.339 e. The number of esters is 5. The van der Waals surface area contributed by atoms with E-state index in [-0.39, 0.29) is 34.4 Å². The van der Waals surface area contributed by atoms with Gasteiger partial charge in [0.1, 0.15) is 6.61 Å². The Morgan fingerprint density at radius 3 is 1.08 bits per heavy atom. The molecule has 1 saturated heterocycles. The molecule has 10 nitrogen and oxygen atoms in total. The summed E-state index contributed by atoms with van der Waals surface area (Å²) < 4.78 is 29.9. The molecule has 0 N–H and O–H groups in total. The first-order valence-electron chi connectivity index (χ1n) is 16.3. The lowest BCUT2D eigenvalue weighted by molar-refractivity contribution is -0.116. The monoisotopic (exact) mass is 716 g/mol. The molecule has 0 amide bonds. The maximum absolute atomic E-state index is 13.7. The van der Waals surface area contributed by atoms with Crippen LogP contribution in [0.15, 0.2) is 152 Å². The summed E-state index contributed by atoms with van der Waals surface area (Å²) in [6.07, 6.45) is -4.44. The lowest BCUT2D eigenvalue weighted by Gasteiger charge is -2.43. The van der Waals surface area contributed by atoms with E-state index >= 15 is 0 Å². The van der Waals surface area contributed by atoms with Gasteiger partial charge in [-0.05, 0) is 60.7 Å². The van der Waals surface area contributed by atoms with E-state index in [0.717, 1.165) is 11.8 Å². The molecule has 1 heterocycles. The van der Waals surface area contributed by atoms with Gasteiger partial charge in [0, 0.05) is 0 Å². The molecular formula is C41H32O10S. The predicted molar refractivity (Wildman–Crippen MR) is 191 cm³/mol. The third-order valence-electron chi connectivity index (χ3n) is 7.97. The maximum Gasteiger partial charge on any atom is 0.339 e. The second kappa shape index (κ2) is 17.1. The van der Waals surface area contributed by atoms with Crippen LogP contribution < -0.4 is 0 Å². The Morgan fingerprint density at radius 2 is 0.692 bits per heavy atom. The molecule has 1 aliphatic rings. The molecule has 0 aliphatic carbocycles. The lowest BCUT2D eigenvalue weighted by atomic mass is 10.0.